The highest BCUT2D eigenvalue weighted by Gasteiger charge is 2.24. The van der Waals surface area contributed by atoms with E-state index in [0.29, 0.717) is 23.1 Å². The van der Waals surface area contributed by atoms with Crippen LogP contribution in [0.3, 0.4) is 0 Å². The number of nitrogens with two attached hydrogens (primary N) is 1. The van der Waals surface area contributed by atoms with Gasteiger partial charge in [0.15, 0.2) is 0 Å². The Morgan fingerprint density at radius 2 is 1.96 bits per heavy atom. The van der Waals surface area contributed by atoms with Crippen LogP contribution in [0.2, 0.25) is 5.02 Å². The zero-order valence-electron chi connectivity index (χ0n) is 14.2. The van der Waals surface area contributed by atoms with Gasteiger partial charge in [-0.1, -0.05) is 37.6 Å². The Hall–Kier alpha value is -1.63. The number of nitrogens with zero attached hydrogens (tertiary/aromatic N) is 4. The first-order valence-electron chi connectivity index (χ1n) is 7.55. The Balaban J connectivity index is 0.00000288. The van der Waals surface area contributed by atoms with Crippen molar-refractivity contribution in [3.8, 4) is 5.69 Å². The maximum absolute atomic E-state index is 12.5. The van der Waals surface area contributed by atoms with E-state index in [0.717, 1.165) is 0 Å². The SMILES string of the molecule is CC(C)c1nc(C(=O)N(C)C(C)CN)nn1-c1ccccc1Cl.Cl. The second-order valence-corrected chi connectivity index (χ2v) is 6.22. The largest absolute Gasteiger partial charge is 0.335 e. The second kappa shape index (κ2) is 8.46. The van der Waals surface area contributed by atoms with Gasteiger partial charge in [-0.3, -0.25) is 4.79 Å². The predicted molar refractivity (Wildman–Crippen MR) is 98.3 cm³/mol. The number of hydrogen-bond donors (Lipinski definition) is 1. The molecule has 0 bridgehead atoms. The van der Waals surface area contributed by atoms with Gasteiger partial charge >= 0.3 is 0 Å². The van der Waals surface area contributed by atoms with Gasteiger partial charge < -0.3 is 10.6 Å². The molecular formula is C16H23Cl2N5O. The molecule has 0 aliphatic heterocycles. The average molecular weight is 372 g/mol. The number of likely N-dealkylation sites (N-methyl/N-ethyl adjacent to an activating group) is 1. The highest BCUT2D eigenvalue weighted by molar-refractivity contribution is 6.32. The van der Waals surface area contributed by atoms with Crippen LogP contribution >= 0.6 is 24.0 Å². The van der Waals surface area contributed by atoms with Gasteiger partial charge in [0, 0.05) is 25.6 Å². The summed E-state index contributed by atoms with van der Waals surface area (Å²) in [6.07, 6.45) is 0. The number of para-hydroxylation sites is 1. The van der Waals surface area contributed by atoms with E-state index in [4.69, 9.17) is 17.3 Å². The van der Waals surface area contributed by atoms with Crippen molar-refractivity contribution in [2.45, 2.75) is 32.7 Å². The lowest BCUT2D eigenvalue weighted by molar-refractivity contribution is 0.0736. The first-order valence-corrected chi connectivity index (χ1v) is 7.93. The molecule has 1 atom stereocenters. The Morgan fingerprint density at radius 1 is 1.33 bits per heavy atom. The lowest BCUT2D eigenvalue weighted by Crippen LogP contribution is -2.40. The minimum atomic E-state index is -0.254. The van der Waals surface area contributed by atoms with Gasteiger partial charge in [-0.25, -0.2) is 9.67 Å². The van der Waals surface area contributed by atoms with Crippen LogP contribution < -0.4 is 5.73 Å². The van der Waals surface area contributed by atoms with E-state index in [1.54, 1.807) is 22.7 Å². The maximum atomic E-state index is 12.5. The Morgan fingerprint density at radius 3 is 2.50 bits per heavy atom. The summed E-state index contributed by atoms with van der Waals surface area (Å²) in [6, 6.07) is 7.27. The predicted octanol–water partition coefficient (Wildman–Crippen LogP) is 2.89. The van der Waals surface area contributed by atoms with Crippen LogP contribution in [-0.2, 0) is 0 Å². The Labute approximate surface area is 153 Å². The van der Waals surface area contributed by atoms with Crippen LogP contribution in [0, 0.1) is 0 Å². The minimum absolute atomic E-state index is 0. The molecule has 0 fully saturated rings. The van der Waals surface area contributed by atoms with Crippen LogP contribution in [-0.4, -0.2) is 45.2 Å². The number of hydrogen-bond acceptors (Lipinski definition) is 4. The zero-order valence-corrected chi connectivity index (χ0v) is 15.8. The molecule has 0 aliphatic carbocycles. The molecule has 24 heavy (non-hydrogen) atoms. The third-order valence-corrected chi connectivity index (χ3v) is 4.06. The van der Waals surface area contributed by atoms with E-state index in [2.05, 4.69) is 10.1 Å². The lowest BCUT2D eigenvalue weighted by atomic mass is 10.2. The molecule has 2 aromatic rings. The van der Waals surface area contributed by atoms with Crippen LogP contribution in [0.15, 0.2) is 24.3 Å². The molecule has 0 spiro atoms. The monoisotopic (exact) mass is 371 g/mol. The fourth-order valence-corrected chi connectivity index (χ4v) is 2.32. The lowest BCUT2D eigenvalue weighted by Gasteiger charge is -2.21. The van der Waals surface area contributed by atoms with Gasteiger partial charge in [0.2, 0.25) is 5.82 Å². The van der Waals surface area contributed by atoms with Gasteiger partial charge in [-0.2, -0.15) is 0 Å². The molecule has 6 nitrogen and oxygen atoms in total. The Bertz CT molecular complexity index is 702. The number of carbonyl (C=O) groups excluding carboxylic acids is 1. The van der Waals surface area contributed by atoms with Crippen molar-refractivity contribution in [3.63, 3.8) is 0 Å². The Kier molecular flexibility index (Phi) is 7.20. The van der Waals surface area contributed by atoms with Gasteiger partial charge in [-0.15, -0.1) is 17.5 Å². The molecular weight excluding hydrogens is 349 g/mol. The van der Waals surface area contributed by atoms with Crippen molar-refractivity contribution in [2.75, 3.05) is 13.6 Å². The molecule has 1 heterocycles. The van der Waals surface area contributed by atoms with E-state index >= 15 is 0 Å². The molecule has 0 radical (unpaired) electrons. The van der Waals surface area contributed by atoms with E-state index in [1.165, 1.54) is 0 Å². The normalized spacial score (nSPS) is 12.0. The van der Waals surface area contributed by atoms with E-state index in [9.17, 15) is 4.79 Å². The summed E-state index contributed by atoms with van der Waals surface area (Å²) < 4.78 is 1.64. The van der Waals surface area contributed by atoms with Crippen molar-refractivity contribution in [3.05, 3.63) is 40.9 Å². The second-order valence-electron chi connectivity index (χ2n) is 5.81. The summed E-state index contributed by atoms with van der Waals surface area (Å²) in [4.78, 5) is 18.5. The molecule has 0 saturated heterocycles. The molecule has 0 aliphatic rings. The zero-order chi connectivity index (χ0) is 17.1. The van der Waals surface area contributed by atoms with Crippen molar-refractivity contribution in [1.29, 1.82) is 0 Å². The van der Waals surface area contributed by atoms with Gasteiger partial charge in [0.25, 0.3) is 5.91 Å². The summed E-state index contributed by atoms with van der Waals surface area (Å²) in [7, 11) is 1.70. The van der Waals surface area contributed by atoms with Crippen molar-refractivity contribution < 1.29 is 4.79 Å². The number of rotatable bonds is 5. The molecule has 1 aromatic heterocycles. The third kappa shape index (κ3) is 4.06. The smallest absolute Gasteiger partial charge is 0.293 e. The van der Waals surface area contributed by atoms with Gasteiger partial charge in [0.05, 0.1) is 10.7 Å². The topological polar surface area (TPSA) is 77.0 Å². The molecule has 1 unspecified atom stereocenters. The van der Waals surface area contributed by atoms with Crippen molar-refractivity contribution in [1.82, 2.24) is 19.7 Å². The van der Waals surface area contributed by atoms with Crippen LogP contribution in [0.25, 0.3) is 5.69 Å². The summed E-state index contributed by atoms with van der Waals surface area (Å²) in [5.74, 6) is 0.680. The van der Waals surface area contributed by atoms with Gasteiger partial charge in [0.1, 0.15) is 5.82 Å². The fourth-order valence-electron chi connectivity index (χ4n) is 2.11. The molecule has 1 aromatic carbocycles. The summed E-state index contributed by atoms with van der Waals surface area (Å²) in [5.41, 5.74) is 6.33. The molecule has 2 rings (SSSR count). The highest BCUT2D eigenvalue weighted by atomic mass is 35.5. The number of halogens is 2. The molecule has 0 saturated carbocycles. The highest BCUT2D eigenvalue weighted by Crippen LogP contribution is 2.24. The quantitative estimate of drug-likeness (QED) is 0.876. The molecule has 8 heteroatoms. The number of amides is 1. The third-order valence-electron chi connectivity index (χ3n) is 3.74. The van der Waals surface area contributed by atoms with Crippen LogP contribution in [0.4, 0.5) is 0 Å². The van der Waals surface area contributed by atoms with Crippen molar-refractivity contribution >= 4 is 29.9 Å². The number of carbonyl (C=O) groups is 1. The average Bonchev–Trinajstić information content (AvgIpc) is 2.98. The summed E-state index contributed by atoms with van der Waals surface area (Å²) in [6.45, 7) is 6.26. The van der Waals surface area contributed by atoms with E-state index in [-0.39, 0.29) is 36.1 Å². The van der Waals surface area contributed by atoms with Gasteiger partial charge in [-0.05, 0) is 19.1 Å². The first kappa shape index (κ1) is 20.4. The summed E-state index contributed by atoms with van der Waals surface area (Å²) >= 11 is 6.26. The van der Waals surface area contributed by atoms with E-state index < -0.39 is 0 Å². The standard InChI is InChI=1S/C16H22ClN5O.ClH/c1-10(2)15-19-14(16(23)21(4)11(3)9-18)20-22(15)13-8-6-5-7-12(13)17;/h5-8,10-11H,9,18H2,1-4H3;1H. The first-order chi connectivity index (χ1) is 10.9. The maximum Gasteiger partial charge on any atom is 0.293 e. The fraction of sp³-hybridized carbons (Fsp3) is 0.438. The molecule has 1 amide bonds. The molecule has 132 valence electrons. The summed E-state index contributed by atoms with van der Waals surface area (Å²) in [5, 5.41) is 4.95. The van der Waals surface area contributed by atoms with Crippen molar-refractivity contribution in [2.24, 2.45) is 5.73 Å². The van der Waals surface area contributed by atoms with Crippen LogP contribution in [0.5, 0.6) is 0 Å². The number of benzene rings is 1. The number of aromatic nitrogens is 3. The van der Waals surface area contributed by atoms with Crippen LogP contribution in [0.1, 0.15) is 43.1 Å². The van der Waals surface area contributed by atoms with E-state index in [1.807, 2.05) is 39.0 Å². The minimum Gasteiger partial charge on any atom is -0.335 e. The molecule has 2 N–H and O–H groups in total.